The first-order valence-electron chi connectivity index (χ1n) is 11.1. The quantitative estimate of drug-likeness (QED) is 0.275. The zero-order chi connectivity index (χ0) is 22.7. The number of carbonyl (C=O) groups is 1. The van der Waals surface area contributed by atoms with Crippen molar-refractivity contribution in [1.82, 2.24) is 4.57 Å². The minimum atomic E-state index is -0.385. The van der Waals surface area contributed by atoms with Gasteiger partial charge in [0, 0.05) is 42.2 Å². The molecule has 0 amide bonds. The maximum atomic E-state index is 12.0. The van der Waals surface area contributed by atoms with Crippen molar-refractivity contribution in [1.29, 1.82) is 0 Å². The number of hydrogen-bond acceptors (Lipinski definition) is 5. The van der Waals surface area contributed by atoms with Crippen molar-refractivity contribution in [3.63, 3.8) is 0 Å². The molecule has 7 nitrogen and oxygen atoms in total. The molecule has 1 heterocycles. The van der Waals surface area contributed by atoms with Gasteiger partial charge in [-0.3, -0.25) is 14.9 Å². The molecule has 0 saturated heterocycles. The van der Waals surface area contributed by atoms with Gasteiger partial charge in [0.25, 0.3) is 0 Å². The number of benzene rings is 2. The van der Waals surface area contributed by atoms with E-state index in [0.717, 1.165) is 42.1 Å². The van der Waals surface area contributed by atoms with Crippen LogP contribution in [0.5, 0.6) is 5.75 Å². The number of nitrogens with zero attached hydrogens (tertiary/aromatic N) is 2. The van der Waals surface area contributed by atoms with Crippen molar-refractivity contribution in [2.24, 2.45) is 7.05 Å². The fraction of sp³-hybridized carbons (Fsp3) is 0.400. The molecule has 0 unspecified atom stereocenters. The molecule has 1 aromatic heterocycles. The molecule has 1 aliphatic rings. The minimum Gasteiger partial charge on any atom is -0.483 e. The number of ether oxygens (including phenoxy) is 2. The molecule has 168 valence electrons. The second kappa shape index (κ2) is 9.42. The fourth-order valence-electron chi connectivity index (χ4n) is 4.44. The van der Waals surface area contributed by atoms with Crippen LogP contribution < -0.4 is 4.74 Å². The maximum Gasteiger partial charge on any atom is 0.311 e. The van der Waals surface area contributed by atoms with Gasteiger partial charge < -0.3 is 14.0 Å². The predicted octanol–water partition coefficient (Wildman–Crippen LogP) is 5.57. The number of rotatable bonds is 7. The zero-order valence-corrected chi connectivity index (χ0v) is 18.5. The molecule has 7 heteroatoms. The van der Waals surface area contributed by atoms with Crippen LogP contribution in [0.1, 0.15) is 44.1 Å². The molecule has 3 aromatic rings. The normalized spacial score (nSPS) is 14.4. The van der Waals surface area contributed by atoms with Gasteiger partial charge in [-0.2, -0.15) is 0 Å². The number of esters is 1. The number of nitro benzene ring substituents is 1. The molecule has 2 aromatic carbocycles. The molecular weight excluding hydrogens is 408 g/mol. The summed E-state index contributed by atoms with van der Waals surface area (Å²) in [4.78, 5) is 23.3. The summed E-state index contributed by atoms with van der Waals surface area (Å²) in [6.07, 6.45) is 7.60. The minimum absolute atomic E-state index is 0.0254. The molecule has 32 heavy (non-hydrogen) atoms. The summed E-state index contributed by atoms with van der Waals surface area (Å²) in [6, 6.07) is 11.5. The number of carbonyl (C=O) groups excluding carboxylic acids is 1. The Morgan fingerprint density at radius 1 is 1.16 bits per heavy atom. The Morgan fingerprint density at radius 3 is 2.66 bits per heavy atom. The average molecular weight is 437 g/mol. The van der Waals surface area contributed by atoms with Crippen LogP contribution in [-0.4, -0.2) is 28.7 Å². The van der Waals surface area contributed by atoms with Crippen molar-refractivity contribution in [2.75, 3.05) is 7.11 Å². The van der Waals surface area contributed by atoms with Crippen molar-refractivity contribution in [2.45, 2.75) is 51.0 Å². The van der Waals surface area contributed by atoms with Crippen LogP contribution >= 0.6 is 0 Å². The van der Waals surface area contributed by atoms with Gasteiger partial charge in [0.1, 0.15) is 0 Å². The summed E-state index contributed by atoms with van der Waals surface area (Å²) >= 11 is 0. The average Bonchev–Trinajstić information content (AvgIpc) is 3.18. The van der Waals surface area contributed by atoms with E-state index in [9.17, 15) is 14.9 Å². The second-order valence-electron chi connectivity index (χ2n) is 8.40. The van der Waals surface area contributed by atoms with E-state index in [-0.39, 0.29) is 29.1 Å². The number of aryl methyl sites for hydroxylation is 2. The number of fused-ring (bicyclic) bond motifs is 1. The lowest BCUT2D eigenvalue weighted by Crippen LogP contribution is -2.20. The Morgan fingerprint density at radius 2 is 1.94 bits per heavy atom. The summed E-state index contributed by atoms with van der Waals surface area (Å²) in [7, 11) is 3.32. The summed E-state index contributed by atoms with van der Waals surface area (Å²) in [5.74, 6) is -0.0264. The Hall–Kier alpha value is -3.35. The smallest absolute Gasteiger partial charge is 0.311 e. The van der Waals surface area contributed by atoms with Gasteiger partial charge >= 0.3 is 11.7 Å². The van der Waals surface area contributed by atoms with Gasteiger partial charge in [-0.05, 0) is 67.5 Å². The third-order valence-corrected chi connectivity index (χ3v) is 6.20. The van der Waals surface area contributed by atoms with Crippen molar-refractivity contribution in [3.05, 3.63) is 58.3 Å². The molecule has 0 atom stereocenters. The highest BCUT2D eigenvalue weighted by molar-refractivity contribution is 5.88. The molecule has 0 bridgehead atoms. The van der Waals surface area contributed by atoms with E-state index in [2.05, 4.69) is 0 Å². The van der Waals surface area contributed by atoms with Gasteiger partial charge in [-0.15, -0.1) is 0 Å². The lowest BCUT2D eigenvalue weighted by molar-refractivity contribution is -0.386. The van der Waals surface area contributed by atoms with Crippen LogP contribution in [-0.2, 0) is 23.0 Å². The zero-order valence-electron chi connectivity index (χ0n) is 18.5. The summed E-state index contributed by atoms with van der Waals surface area (Å²) in [5, 5.41) is 13.1. The maximum absolute atomic E-state index is 12.0. The topological polar surface area (TPSA) is 83.6 Å². The Bertz CT molecular complexity index is 1140. The molecule has 1 saturated carbocycles. The van der Waals surface area contributed by atoms with Gasteiger partial charge in [0.2, 0.25) is 5.75 Å². The van der Waals surface area contributed by atoms with Crippen LogP contribution in [0.25, 0.3) is 22.0 Å². The van der Waals surface area contributed by atoms with E-state index >= 15 is 0 Å². The molecule has 1 aliphatic carbocycles. The molecule has 0 spiro atoms. The number of aromatic nitrogens is 1. The molecule has 4 rings (SSSR count). The summed E-state index contributed by atoms with van der Waals surface area (Å²) < 4.78 is 13.1. The number of nitro groups is 1. The van der Waals surface area contributed by atoms with Crippen LogP contribution in [0.15, 0.2) is 42.6 Å². The van der Waals surface area contributed by atoms with Crippen LogP contribution in [0.3, 0.4) is 0 Å². The fourth-order valence-corrected chi connectivity index (χ4v) is 4.44. The van der Waals surface area contributed by atoms with Crippen molar-refractivity contribution >= 4 is 22.6 Å². The van der Waals surface area contributed by atoms with E-state index in [1.807, 2.05) is 48.1 Å². The molecule has 0 N–H and O–H groups in total. The SMILES string of the molecule is COC(=O)CCc1cc(-c2ccc3c(ccn3C)c2)c(OC2CCCCC2)c([N+](=O)[O-])c1. The lowest BCUT2D eigenvalue weighted by Gasteiger charge is -2.24. The summed E-state index contributed by atoms with van der Waals surface area (Å²) in [6.45, 7) is 0. The highest BCUT2D eigenvalue weighted by Crippen LogP contribution is 2.42. The monoisotopic (exact) mass is 436 g/mol. The Labute approximate surface area is 187 Å². The van der Waals surface area contributed by atoms with Gasteiger partial charge in [0.05, 0.1) is 18.1 Å². The molecular formula is C25H28N2O5. The first kappa shape index (κ1) is 21.9. The predicted molar refractivity (Wildman–Crippen MR) is 123 cm³/mol. The standard InChI is InChI=1S/C25H28N2O5/c1-26-13-12-19-16-18(9-10-22(19)26)21-14-17(8-11-24(28)31-2)15-23(27(29)30)25(21)32-20-6-4-3-5-7-20/h9-10,12-16,20H,3-8,11H2,1-2H3. The Kier molecular flexibility index (Phi) is 6.44. The van der Waals surface area contributed by atoms with E-state index in [0.29, 0.717) is 23.3 Å². The largest absolute Gasteiger partial charge is 0.483 e. The Balaban J connectivity index is 1.82. The van der Waals surface area contributed by atoms with E-state index in [1.165, 1.54) is 19.6 Å². The molecule has 1 fully saturated rings. The molecule has 0 radical (unpaired) electrons. The second-order valence-corrected chi connectivity index (χ2v) is 8.40. The molecule has 0 aliphatic heterocycles. The van der Waals surface area contributed by atoms with E-state index < -0.39 is 0 Å². The first-order valence-corrected chi connectivity index (χ1v) is 11.1. The van der Waals surface area contributed by atoms with Gasteiger partial charge in [0.15, 0.2) is 0 Å². The van der Waals surface area contributed by atoms with E-state index in [4.69, 9.17) is 9.47 Å². The highest BCUT2D eigenvalue weighted by atomic mass is 16.6. The van der Waals surface area contributed by atoms with Gasteiger partial charge in [-0.25, -0.2) is 0 Å². The van der Waals surface area contributed by atoms with Crippen LogP contribution in [0, 0.1) is 10.1 Å². The third kappa shape index (κ3) is 4.61. The summed E-state index contributed by atoms with van der Waals surface area (Å²) in [5.41, 5.74) is 3.29. The van der Waals surface area contributed by atoms with E-state index in [1.54, 1.807) is 0 Å². The van der Waals surface area contributed by atoms with Crippen molar-refractivity contribution < 1.29 is 19.2 Å². The first-order chi connectivity index (χ1) is 15.5. The highest BCUT2D eigenvalue weighted by Gasteiger charge is 2.26. The van der Waals surface area contributed by atoms with Crippen molar-refractivity contribution in [3.8, 4) is 16.9 Å². The number of hydrogen-bond donors (Lipinski definition) is 0. The van der Waals surface area contributed by atoms with Gasteiger partial charge in [-0.1, -0.05) is 12.5 Å². The van der Waals surface area contributed by atoms with Crippen LogP contribution in [0.4, 0.5) is 5.69 Å². The number of methoxy groups -OCH3 is 1. The third-order valence-electron chi connectivity index (χ3n) is 6.20. The van der Waals surface area contributed by atoms with Crippen LogP contribution in [0.2, 0.25) is 0 Å². The lowest BCUT2D eigenvalue weighted by atomic mass is 9.95.